The van der Waals surface area contributed by atoms with Crippen LogP contribution >= 0.6 is 11.6 Å². The Labute approximate surface area is 174 Å². The third-order valence-corrected chi connectivity index (χ3v) is 4.87. The molecule has 1 heterocycles. The number of rotatable bonds is 5. The number of aryl methyl sites for hydroxylation is 1. The number of amides is 1. The molecule has 4 aromatic rings. The van der Waals surface area contributed by atoms with Crippen molar-refractivity contribution in [2.75, 3.05) is 5.32 Å². The molecule has 0 aliphatic rings. The summed E-state index contributed by atoms with van der Waals surface area (Å²) in [5.74, 6) is -0.206. The molecule has 144 valence electrons. The van der Waals surface area contributed by atoms with Crippen LogP contribution in [0.5, 0.6) is 0 Å². The van der Waals surface area contributed by atoms with Gasteiger partial charge in [-0.1, -0.05) is 71.8 Å². The number of hydrogen-bond donors (Lipinski definition) is 1. The molecule has 0 spiro atoms. The molecule has 1 amide bonds. The van der Waals surface area contributed by atoms with Crippen LogP contribution in [0.2, 0.25) is 5.02 Å². The minimum atomic E-state index is -0.206. The van der Waals surface area contributed by atoms with Gasteiger partial charge < -0.3 is 5.32 Å². The molecule has 0 atom stereocenters. The molecule has 5 heteroatoms. The number of hydrogen-bond acceptors (Lipinski definition) is 2. The van der Waals surface area contributed by atoms with Crippen molar-refractivity contribution >= 4 is 23.2 Å². The first-order valence-electron chi connectivity index (χ1n) is 9.34. The van der Waals surface area contributed by atoms with E-state index in [1.807, 2.05) is 61.5 Å². The minimum absolute atomic E-state index is 0.206. The predicted molar refractivity (Wildman–Crippen MR) is 117 cm³/mol. The van der Waals surface area contributed by atoms with Crippen LogP contribution in [-0.2, 0) is 6.54 Å². The molecule has 3 aromatic carbocycles. The molecule has 0 fully saturated rings. The van der Waals surface area contributed by atoms with Crippen molar-refractivity contribution in [2.45, 2.75) is 13.5 Å². The molecule has 0 aliphatic carbocycles. The lowest BCUT2D eigenvalue weighted by molar-refractivity contribution is 0.102. The largest absolute Gasteiger partial charge is 0.322 e. The molecular weight excluding hydrogens is 382 g/mol. The number of anilines is 1. The van der Waals surface area contributed by atoms with Gasteiger partial charge in [0.25, 0.3) is 5.91 Å². The molecular formula is C24H20ClN3O. The van der Waals surface area contributed by atoms with Crippen molar-refractivity contribution < 1.29 is 4.79 Å². The monoisotopic (exact) mass is 401 g/mol. The van der Waals surface area contributed by atoms with Crippen molar-refractivity contribution in [1.82, 2.24) is 9.78 Å². The van der Waals surface area contributed by atoms with Crippen LogP contribution in [-0.4, -0.2) is 15.7 Å². The van der Waals surface area contributed by atoms with Gasteiger partial charge in [-0.05, 0) is 36.8 Å². The summed E-state index contributed by atoms with van der Waals surface area (Å²) < 4.78 is 1.81. The number of aromatic nitrogens is 2. The molecule has 0 radical (unpaired) electrons. The van der Waals surface area contributed by atoms with Gasteiger partial charge in [-0.2, -0.15) is 5.10 Å². The molecule has 29 heavy (non-hydrogen) atoms. The van der Waals surface area contributed by atoms with Gasteiger partial charge in [0.2, 0.25) is 0 Å². The van der Waals surface area contributed by atoms with Crippen LogP contribution in [0.25, 0.3) is 11.3 Å². The van der Waals surface area contributed by atoms with E-state index in [0.29, 0.717) is 28.5 Å². The normalized spacial score (nSPS) is 10.7. The van der Waals surface area contributed by atoms with Gasteiger partial charge in [-0.15, -0.1) is 0 Å². The van der Waals surface area contributed by atoms with Gasteiger partial charge in [0, 0.05) is 22.5 Å². The van der Waals surface area contributed by atoms with E-state index in [1.165, 1.54) is 0 Å². The van der Waals surface area contributed by atoms with E-state index >= 15 is 0 Å². The number of halogens is 1. The van der Waals surface area contributed by atoms with Crippen molar-refractivity contribution in [3.63, 3.8) is 0 Å². The SMILES string of the molecule is Cc1ccc(-c2nn(Cc3ccccc3)cc2C(=O)Nc2ccc(Cl)cc2)cc1. The maximum atomic E-state index is 13.0. The number of carbonyl (C=O) groups excluding carboxylic acids is 1. The summed E-state index contributed by atoms with van der Waals surface area (Å²) in [4.78, 5) is 13.0. The molecule has 0 saturated heterocycles. The van der Waals surface area contributed by atoms with E-state index in [1.54, 1.807) is 35.1 Å². The van der Waals surface area contributed by atoms with Gasteiger partial charge in [0.05, 0.1) is 12.1 Å². The van der Waals surface area contributed by atoms with E-state index in [9.17, 15) is 4.79 Å². The first kappa shape index (κ1) is 19.0. The maximum absolute atomic E-state index is 13.0. The van der Waals surface area contributed by atoms with Crippen LogP contribution in [0.3, 0.4) is 0 Å². The highest BCUT2D eigenvalue weighted by molar-refractivity contribution is 6.30. The van der Waals surface area contributed by atoms with E-state index in [4.69, 9.17) is 16.7 Å². The minimum Gasteiger partial charge on any atom is -0.322 e. The zero-order valence-corrected chi connectivity index (χ0v) is 16.7. The standard InChI is InChI=1S/C24H20ClN3O/c1-17-7-9-19(10-8-17)23-22(24(29)26-21-13-11-20(25)12-14-21)16-28(27-23)15-18-5-3-2-4-6-18/h2-14,16H,15H2,1H3,(H,26,29). The second kappa shape index (κ2) is 8.33. The van der Waals surface area contributed by atoms with Gasteiger partial charge >= 0.3 is 0 Å². The average molecular weight is 402 g/mol. The van der Waals surface area contributed by atoms with Crippen LogP contribution in [0.4, 0.5) is 5.69 Å². The lowest BCUT2D eigenvalue weighted by atomic mass is 10.1. The highest BCUT2D eigenvalue weighted by Crippen LogP contribution is 2.24. The van der Waals surface area contributed by atoms with Crippen molar-refractivity contribution in [3.8, 4) is 11.3 Å². The highest BCUT2D eigenvalue weighted by atomic mass is 35.5. The predicted octanol–water partition coefficient (Wildman–Crippen LogP) is 5.81. The summed E-state index contributed by atoms with van der Waals surface area (Å²) >= 11 is 5.94. The third kappa shape index (κ3) is 4.55. The molecule has 4 nitrogen and oxygen atoms in total. The molecule has 4 rings (SSSR count). The maximum Gasteiger partial charge on any atom is 0.259 e. The van der Waals surface area contributed by atoms with Crippen molar-refractivity contribution in [2.24, 2.45) is 0 Å². The second-order valence-corrected chi connectivity index (χ2v) is 7.34. The first-order chi connectivity index (χ1) is 14.1. The zero-order valence-electron chi connectivity index (χ0n) is 16.0. The average Bonchev–Trinajstić information content (AvgIpc) is 3.15. The van der Waals surface area contributed by atoms with Crippen LogP contribution in [0, 0.1) is 6.92 Å². The molecule has 1 N–H and O–H groups in total. The Bertz CT molecular complexity index is 1120. The molecule has 0 saturated carbocycles. The highest BCUT2D eigenvalue weighted by Gasteiger charge is 2.18. The van der Waals surface area contributed by atoms with Crippen LogP contribution in [0.1, 0.15) is 21.5 Å². The van der Waals surface area contributed by atoms with Gasteiger partial charge in [-0.25, -0.2) is 0 Å². The smallest absolute Gasteiger partial charge is 0.259 e. The summed E-state index contributed by atoms with van der Waals surface area (Å²) in [6.45, 7) is 2.62. The summed E-state index contributed by atoms with van der Waals surface area (Å²) in [5.41, 5.74) is 5.06. The molecule has 0 aliphatic heterocycles. The van der Waals surface area contributed by atoms with E-state index in [0.717, 1.165) is 16.7 Å². The Morgan fingerprint density at radius 1 is 0.966 bits per heavy atom. The second-order valence-electron chi connectivity index (χ2n) is 6.90. The van der Waals surface area contributed by atoms with Gasteiger partial charge in [-0.3, -0.25) is 9.48 Å². The fraction of sp³-hybridized carbons (Fsp3) is 0.0833. The first-order valence-corrected chi connectivity index (χ1v) is 9.71. The zero-order chi connectivity index (χ0) is 20.2. The Kier molecular flexibility index (Phi) is 5.45. The molecule has 0 unspecified atom stereocenters. The third-order valence-electron chi connectivity index (χ3n) is 4.62. The summed E-state index contributed by atoms with van der Waals surface area (Å²) in [7, 11) is 0. The molecule has 1 aromatic heterocycles. The summed E-state index contributed by atoms with van der Waals surface area (Å²) in [6, 6.07) is 25.1. The fourth-order valence-corrected chi connectivity index (χ4v) is 3.22. The van der Waals surface area contributed by atoms with Gasteiger partial charge in [0.1, 0.15) is 5.69 Å². The summed E-state index contributed by atoms with van der Waals surface area (Å²) in [6.07, 6.45) is 1.80. The topological polar surface area (TPSA) is 46.9 Å². The Morgan fingerprint density at radius 2 is 1.66 bits per heavy atom. The van der Waals surface area contributed by atoms with Crippen molar-refractivity contribution in [3.05, 3.63) is 107 Å². The van der Waals surface area contributed by atoms with Crippen molar-refractivity contribution in [1.29, 1.82) is 0 Å². The summed E-state index contributed by atoms with van der Waals surface area (Å²) in [5, 5.41) is 8.27. The molecule has 0 bridgehead atoms. The number of benzene rings is 3. The lowest BCUT2D eigenvalue weighted by Gasteiger charge is -2.06. The van der Waals surface area contributed by atoms with E-state index < -0.39 is 0 Å². The quantitative estimate of drug-likeness (QED) is 0.458. The van der Waals surface area contributed by atoms with Gasteiger partial charge in [0.15, 0.2) is 0 Å². The Morgan fingerprint density at radius 3 is 2.34 bits per heavy atom. The number of nitrogens with one attached hydrogen (secondary N) is 1. The van der Waals surface area contributed by atoms with E-state index in [2.05, 4.69) is 5.32 Å². The van der Waals surface area contributed by atoms with E-state index in [-0.39, 0.29) is 5.91 Å². The fourth-order valence-electron chi connectivity index (χ4n) is 3.10. The van der Waals surface area contributed by atoms with Crippen LogP contribution < -0.4 is 5.32 Å². The Balaban J connectivity index is 1.68. The van der Waals surface area contributed by atoms with Crippen LogP contribution in [0.15, 0.2) is 85.1 Å². The lowest BCUT2D eigenvalue weighted by Crippen LogP contribution is -2.12. The number of carbonyl (C=O) groups is 1. The number of nitrogens with zero attached hydrogens (tertiary/aromatic N) is 2. The Hall–Kier alpha value is -3.37.